The van der Waals surface area contributed by atoms with Crippen molar-refractivity contribution in [2.75, 3.05) is 33.5 Å². The summed E-state index contributed by atoms with van der Waals surface area (Å²) >= 11 is 0. The second kappa shape index (κ2) is 8.93. The molecule has 1 N–H and O–H groups in total. The number of amides is 1. The summed E-state index contributed by atoms with van der Waals surface area (Å²) in [5.41, 5.74) is 0.772. The average Bonchev–Trinajstić information content (AvgIpc) is 2.59. The van der Waals surface area contributed by atoms with Crippen LogP contribution in [0, 0.1) is 0 Å². The Hall–Kier alpha value is -2.54. The average molecular weight is 335 g/mol. The molecule has 130 valence electrons. The van der Waals surface area contributed by atoms with Crippen LogP contribution in [0.2, 0.25) is 0 Å². The Morgan fingerprint density at radius 2 is 2.04 bits per heavy atom. The van der Waals surface area contributed by atoms with E-state index in [0.717, 1.165) is 5.56 Å². The Morgan fingerprint density at radius 1 is 1.29 bits per heavy atom. The first-order valence-corrected chi connectivity index (χ1v) is 7.65. The number of ether oxygens (including phenoxy) is 4. The van der Waals surface area contributed by atoms with Crippen molar-refractivity contribution in [2.45, 2.75) is 13.0 Å². The van der Waals surface area contributed by atoms with Gasteiger partial charge in [0.05, 0.1) is 6.61 Å². The molecule has 0 radical (unpaired) electrons. The van der Waals surface area contributed by atoms with E-state index in [1.165, 1.54) is 20.1 Å². The number of esters is 1. The van der Waals surface area contributed by atoms with E-state index in [9.17, 15) is 9.59 Å². The molecule has 7 nitrogen and oxygen atoms in total. The molecule has 2 rings (SSSR count). The number of carbonyl (C=O) groups is 2. The topological polar surface area (TPSA) is 83.1 Å². The van der Waals surface area contributed by atoms with E-state index in [2.05, 4.69) is 5.32 Å². The maximum Gasteiger partial charge on any atom is 0.331 e. The van der Waals surface area contributed by atoms with E-state index < -0.39 is 12.1 Å². The Labute approximate surface area is 140 Å². The molecule has 24 heavy (non-hydrogen) atoms. The summed E-state index contributed by atoms with van der Waals surface area (Å²) < 4.78 is 20.8. The van der Waals surface area contributed by atoms with Crippen LogP contribution in [0.4, 0.5) is 0 Å². The highest BCUT2D eigenvalue weighted by molar-refractivity contribution is 5.90. The number of hydrogen-bond donors (Lipinski definition) is 1. The molecule has 0 saturated heterocycles. The molecule has 0 fully saturated rings. The van der Waals surface area contributed by atoms with Crippen LogP contribution in [0.15, 0.2) is 24.3 Å². The zero-order valence-corrected chi connectivity index (χ0v) is 13.7. The van der Waals surface area contributed by atoms with Gasteiger partial charge in [-0.3, -0.25) is 4.79 Å². The van der Waals surface area contributed by atoms with Crippen LogP contribution in [0.1, 0.15) is 12.5 Å². The molecule has 7 heteroatoms. The molecule has 1 heterocycles. The molecule has 0 aromatic heterocycles. The lowest BCUT2D eigenvalue weighted by atomic mass is 10.2. The lowest BCUT2D eigenvalue weighted by Crippen LogP contribution is -2.37. The monoisotopic (exact) mass is 335 g/mol. The molecule has 1 aromatic rings. The van der Waals surface area contributed by atoms with Crippen molar-refractivity contribution in [3.8, 4) is 11.5 Å². The van der Waals surface area contributed by atoms with Gasteiger partial charge in [-0.05, 0) is 30.7 Å². The smallest absolute Gasteiger partial charge is 0.331 e. The number of hydrogen-bond acceptors (Lipinski definition) is 6. The third-order valence-electron chi connectivity index (χ3n) is 3.25. The highest BCUT2D eigenvalue weighted by Gasteiger charge is 2.16. The van der Waals surface area contributed by atoms with Gasteiger partial charge in [0.25, 0.3) is 5.91 Å². The van der Waals surface area contributed by atoms with Crippen LogP contribution in [0.5, 0.6) is 11.5 Å². The molecule has 1 atom stereocenters. The van der Waals surface area contributed by atoms with Gasteiger partial charge in [-0.2, -0.15) is 0 Å². The fraction of sp³-hybridized carbons (Fsp3) is 0.412. The van der Waals surface area contributed by atoms with Gasteiger partial charge in [-0.15, -0.1) is 0 Å². The summed E-state index contributed by atoms with van der Waals surface area (Å²) in [6.07, 6.45) is 1.99. The van der Waals surface area contributed by atoms with Crippen LogP contribution in [-0.2, 0) is 19.1 Å². The van der Waals surface area contributed by atoms with Gasteiger partial charge in [0.15, 0.2) is 17.6 Å². The standard InChI is InChI=1S/C17H21NO6/c1-12(17(20)18-7-8-21-2)24-16(19)6-4-13-3-5-14-15(11-13)23-10-9-22-14/h3-6,11-12H,7-10H2,1-2H3,(H,18,20)/b6-4+/t12-/m0/s1. The second-order valence-electron chi connectivity index (χ2n) is 5.10. The molecule has 0 saturated carbocycles. The van der Waals surface area contributed by atoms with Crippen LogP contribution in [0.3, 0.4) is 0 Å². The summed E-state index contributed by atoms with van der Waals surface area (Å²) in [6, 6.07) is 5.36. The van der Waals surface area contributed by atoms with Crippen molar-refractivity contribution < 1.29 is 28.5 Å². The second-order valence-corrected chi connectivity index (χ2v) is 5.10. The predicted octanol–water partition coefficient (Wildman–Crippen LogP) is 1.17. The predicted molar refractivity (Wildman–Crippen MR) is 86.9 cm³/mol. The minimum absolute atomic E-state index is 0.365. The quantitative estimate of drug-likeness (QED) is 0.457. The van der Waals surface area contributed by atoms with E-state index >= 15 is 0 Å². The minimum atomic E-state index is -0.876. The third kappa shape index (κ3) is 5.27. The lowest BCUT2D eigenvalue weighted by molar-refractivity contribution is -0.150. The van der Waals surface area contributed by atoms with Crippen molar-refractivity contribution >= 4 is 18.0 Å². The van der Waals surface area contributed by atoms with Gasteiger partial charge in [0.1, 0.15) is 13.2 Å². The van der Waals surface area contributed by atoms with Crippen LogP contribution in [0.25, 0.3) is 6.08 Å². The van der Waals surface area contributed by atoms with Gasteiger partial charge in [-0.25, -0.2) is 4.79 Å². The van der Waals surface area contributed by atoms with Crippen molar-refractivity contribution in [1.82, 2.24) is 5.32 Å². The highest BCUT2D eigenvalue weighted by Crippen LogP contribution is 2.31. The Bertz CT molecular complexity index is 613. The first-order valence-electron chi connectivity index (χ1n) is 7.65. The molecule has 0 unspecified atom stereocenters. The van der Waals surface area contributed by atoms with Crippen molar-refractivity contribution in [3.05, 3.63) is 29.8 Å². The van der Waals surface area contributed by atoms with E-state index in [1.54, 1.807) is 24.3 Å². The number of rotatable bonds is 7. The van der Waals surface area contributed by atoms with Gasteiger partial charge >= 0.3 is 5.97 Å². The van der Waals surface area contributed by atoms with E-state index in [4.69, 9.17) is 18.9 Å². The zero-order chi connectivity index (χ0) is 17.4. The summed E-state index contributed by atoms with van der Waals surface area (Å²) in [7, 11) is 1.54. The van der Waals surface area contributed by atoms with Gasteiger partial charge in [-0.1, -0.05) is 6.07 Å². The van der Waals surface area contributed by atoms with Crippen molar-refractivity contribution in [2.24, 2.45) is 0 Å². The first-order chi connectivity index (χ1) is 11.6. The highest BCUT2D eigenvalue weighted by atomic mass is 16.6. The summed E-state index contributed by atoms with van der Waals surface area (Å²) in [5.74, 6) is 0.359. The van der Waals surface area contributed by atoms with E-state index in [1.807, 2.05) is 0 Å². The molecule has 1 aliphatic heterocycles. The summed E-state index contributed by atoms with van der Waals surface area (Å²) in [6.45, 7) is 3.30. The van der Waals surface area contributed by atoms with E-state index in [-0.39, 0.29) is 5.91 Å². The summed E-state index contributed by atoms with van der Waals surface area (Å²) in [4.78, 5) is 23.5. The molecule has 1 aromatic carbocycles. The largest absolute Gasteiger partial charge is 0.486 e. The Kier molecular flexibility index (Phi) is 6.62. The summed E-state index contributed by atoms with van der Waals surface area (Å²) in [5, 5.41) is 2.60. The number of carbonyl (C=O) groups excluding carboxylic acids is 2. The Morgan fingerprint density at radius 3 is 2.79 bits per heavy atom. The number of nitrogens with one attached hydrogen (secondary N) is 1. The number of fused-ring (bicyclic) bond motifs is 1. The van der Waals surface area contributed by atoms with Crippen LogP contribution >= 0.6 is 0 Å². The molecule has 1 aliphatic rings. The molecule has 0 aliphatic carbocycles. The lowest BCUT2D eigenvalue weighted by Gasteiger charge is -2.18. The van der Waals surface area contributed by atoms with Crippen molar-refractivity contribution in [3.63, 3.8) is 0 Å². The molecular formula is C17H21NO6. The molecule has 0 spiro atoms. The maximum atomic E-state index is 11.8. The van der Waals surface area contributed by atoms with Gasteiger partial charge < -0.3 is 24.3 Å². The maximum absolute atomic E-state index is 11.8. The van der Waals surface area contributed by atoms with E-state index in [0.29, 0.717) is 37.9 Å². The zero-order valence-electron chi connectivity index (χ0n) is 13.7. The molecule has 1 amide bonds. The van der Waals surface area contributed by atoms with Gasteiger partial charge in [0, 0.05) is 19.7 Å². The fourth-order valence-corrected chi connectivity index (χ4v) is 2.01. The first kappa shape index (κ1) is 17.8. The van der Waals surface area contributed by atoms with Crippen LogP contribution < -0.4 is 14.8 Å². The van der Waals surface area contributed by atoms with Crippen molar-refractivity contribution in [1.29, 1.82) is 0 Å². The fourth-order valence-electron chi connectivity index (χ4n) is 2.01. The molecule has 0 bridgehead atoms. The van der Waals surface area contributed by atoms with Crippen LogP contribution in [-0.4, -0.2) is 51.5 Å². The Balaban J connectivity index is 1.85. The SMILES string of the molecule is COCCNC(=O)[C@H](C)OC(=O)/C=C/c1ccc2c(c1)OCCO2. The minimum Gasteiger partial charge on any atom is -0.486 e. The third-order valence-corrected chi connectivity index (χ3v) is 3.25. The number of methoxy groups -OCH3 is 1. The van der Waals surface area contributed by atoms with Gasteiger partial charge in [0.2, 0.25) is 0 Å². The number of benzene rings is 1. The normalized spacial score (nSPS) is 14.2. The molecular weight excluding hydrogens is 314 g/mol.